The first-order valence-electron chi connectivity index (χ1n) is 32.6. The number of benzene rings is 16. The maximum absolute atomic E-state index is 9.47. The minimum absolute atomic E-state index is 0.647. The van der Waals surface area contributed by atoms with Crippen molar-refractivity contribution in [1.29, 1.82) is 5.26 Å². The zero-order chi connectivity index (χ0) is 63.6. The van der Waals surface area contributed by atoms with Gasteiger partial charge in [0.25, 0.3) is 0 Å². The quantitative estimate of drug-likeness (QED) is 0.118. The third kappa shape index (κ3) is 9.57. The third-order valence-corrected chi connectivity index (χ3v) is 19.3. The van der Waals surface area contributed by atoms with Crippen molar-refractivity contribution in [2.24, 2.45) is 0 Å². The Bertz CT molecular complexity index is 6320. The largest absolute Gasteiger partial charge is 0.248 e. The zero-order valence-electron chi connectivity index (χ0n) is 52.1. The van der Waals surface area contributed by atoms with Crippen LogP contribution in [0.3, 0.4) is 0 Å². The number of fused-ring (bicyclic) bond motifs is 12. The van der Waals surface area contributed by atoms with Crippen LogP contribution in [-0.4, -0.2) is 15.0 Å². The van der Waals surface area contributed by atoms with Crippen molar-refractivity contribution in [3.63, 3.8) is 0 Å². The molecule has 0 saturated carbocycles. The Balaban J connectivity index is 0.000000145. The van der Waals surface area contributed by atoms with Crippen LogP contribution in [-0.2, 0) is 0 Å². The molecule has 0 N–H and O–H groups in total. The molecule has 4 heteroatoms. The highest BCUT2D eigenvalue weighted by atomic mass is 14.7. The summed E-state index contributed by atoms with van der Waals surface area (Å²) in [6.45, 7) is 0. The van der Waals surface area contributed by atoms with Gasteiger partial charge in [-0.3, -0.25) is 0 Å². The summed E-state index contributed by atoms with van der Waals surface area (Å²) in [5, 5.41) is 28.3. The summed E-state index contributed by atoms with van der Waals surface area (Å²) >= 11 is 0. The van der Waals surface area contributed by atoms with Gasteiger partial charge in [0.15, 0.2) is 0 Å². The second-order valence-electron chi connectivity index (χ2n) is 24.7. The van der Waals surface area contributed by atoms with Crippen LogP contribution < -0.4 is 0 Å². The first-order chi connectivity index (χ1) is 47.6. The molecule has 0 saturated heterocycles. The molecule has 3 heterocycles. The van der Waals surface area contributed by atoms with Crippen LogP contribution in [0.15, 0.2) is 340 Å². The summed E-state index contributed by atoms with van der Waals surface area (Å²) in [5.41, 5.74) is 20.4. The fraction of sp³-hybridized carbons (Fsp3) is 0. The van der Waals surface area contributed by atoms with E-state index in [1.165, 1.54) is 87.2 Å². The van der Waals surface area contributed by atoms with E-state index in [9.17, 15) is 5.26 Å². The fourth-order valence-electron chi connectivity index (χ4n) is 14.8. The number of para-hydroxylation sites is 2. The molecule has 0 fully saturated rings. The first kappa shape index (κ1) is 55.9. The molecular weight excluding hydrogens is 1160 g/mol. The molecule has 19 aromatic rings. The van der Waals surface area contributed by atoms with Crippen molar-refractivity contribution < 1.29 is 0 Å². The van der Waals surface area contributed by atoms with Crippen LogP contribution in [0.4, 0.5) is 0 Å². The number of aromatic nitrogens is 3. The van der Waals surface area contributed by atoms with Crippen molar-refractivity contribution in [2.75, 3.05) is 0 Å². The Morgan fingerprint density at radius 3 is 0.927 bits per heavy atom. The summed E-state index contributed by atoms with van der Waals surface area (Å²) in [6, 6.07) is 123. The normalized spacial score (nSPS) is 11.5. The van der Waals surface area contributed by atoms with Gasteiger partial charge in [-0.2, -0.15) is 5.26 Å². The van der Waals surface area contributed by atoms with E-state index in [4.69, 9.17) is 15.0 Å². The molecule has 96 heavy (non-hydrogen) atoms. The fourth-order valence-corrected chi connectivity index (χ4v) is 14.8. The van der Waals surface area contributed by atoms with Gasteiger partial charge in [-0.15, -0.1) is 0 Å². The predicted molar refractivity (Wildman–Crippen MR) is 404 cm³/mol. The maximum atomic E-state index is 9.47. The van der Waals surface area contributed by atoms with E-state index in [1.54, 1.807) is 0 Å². The molecule has 0 spiro atoms. The Morgan fingerprint density at radius 1 is 0.208 bits per heavy atom. The summed E-state index contributed by atoms with van der Waals surface area (Å²) in [6.07, 6.45) is 0. The van der Waals surface area contributed by atoms with Crippen LogP contribution in [0.2, 0.25) is 0 Å². The molecular formula is C92H56N4. The average Bonchev–Trinajstić information content (AvgIpc) is 0.732. The summed E-state index contributed by atoms with van der Waals surface area (Å²) in [5.74, 6) is 0. The molecule has 0 atom stereocenters. The Morgan fingerprint density at radius 2 is 0.521 bits per heavy atom. The second-order valence-corrected chi connectivity index (χ2v) is 24.7. The topological polar surface area (TPSA) is 62.5 Å². The Hall–Kier alpha value is -12.9. The van der Waals surface area contributed by atoms with Gasteiger partial charge in [-0.05, 0) is 152 Å². The second kappa shape index (κ2) is 23.3. The average molecular weight is 1220 g/mol. The molecule has 444 valence electrons. The van der Waals surface area contributed by atoms with Crippen molar-refractivity contribution in [3.05, 3.63) is 345 Å². The Labute approximate surface area is 554 Å². The van der Waals surface area contributed by atoms with Crippen molar-refractivity contribution in [1.82, 2.24) is 15.0 Å². The van der Waals surface area contributed by atoms with Gasteiger partial charge in [0.1, 0.15) is 0 Å². The summed E-state index contributed by atoms with van der Waals surface area (Å²) < 4.78 is 0. The molecule has 0 aliphatic carbocycles. The lowest BCUT2D eigenvalue weighted by Crippen LogP contribution is -1.94. The van der Waals surface area contributed by atoms with Crippen molar-refractivity contribution in [3.8, 4) is 84.2 Å². The van der Waals surface area contributed by atoms with Crippen LogP contribution in [0.25, 0.3) is 186 Å². The number of hydrogen-bond acceptors (Lipinski definition) is 4. The van der Waals surface area contributed by atoms with E-state index in [2.05, 4.69) is 322 Å². The zero-order valence-corrected chi connectivity index (χ0v) is 52.1. The van der Waals surface area contributed by atoms with Gasteiger partial charge in [0, 0.05) is 49.0 Å². The standard InChI is InChI=1S/C52H32N2.C40H24N2/c1-3-17-37-33(13-1)15-11-23-39(37)46-31-47-45(35-27-29-36(30-28-35)51-43-21-7-9-25-48(43)53-49-26-10-8-22-44(49)51)32-50(54-52(47)42-20-6-5-19-40(42)46)41-24-12-16-34-14-2-4-18-38(34)41;41-25-26-19-21-29(22-20-26)36-24-39(34-18-8-12-28-10-2-4-14-31(28)34)42-40-35-16-6-5-15-33(35)37(23-38(36)40)32-17-7-11-27-9-1-3-13-30(27)32/h1-32H;1-24H. The minimum Gasteiger partial charge on any atom is -0.248 e. The van der Waals surface area contributed by atoms with E-state index in [0.29, 0.717) is 5.56 Å². The molecule has 0 unspecified atom stereocenters. The van der Waals surface area contributed by atoms with Crippen LogP contribution in [0.1, 0.15) is 5.56 Å². The van der Waals surface area contributed by atoms with Crippen LogP contribution >= 0.6 is 0 Å². The van der Waals surface area contributed by atoms with Gasteiger partial charge in [0.2, 0.25) is 0 Å². The lowest BCUT2D eigenvalue weighted by molar-refractivity contribution is 1.42. The molecule has 4 nitrogen and oxygen atoms in total. The molecule has 0 bridgehead atoms. The van der Waals surface area contributed by atoms with E-state index >= 15 is 0 Å². The van der Waals surface area contributed by atoms with Crippen LogP contribution in [0.5, 0.6) is 0 Å². The van der Waals surface area contributed by atoms with Gasteiger partial charge in [-0.25, -0.2) is 15.0 Å². The predicted octanol–water partition coefficient (Wildman–Crippen LogP) is 24.6. The number of hydrogen-bond donors (Lipinski definition) is 0. The molecule has 3 aromatic heterocycles. The first-order valence-corrected chi connectivity index (χ1v) is 32.6. The number of pyridine rings is 3. The van der Waals surface area contributed by atoms with Crippen molar-refractivity contribution in [2.45, 2.75) is 0 Å². The summed E-state index contributed by atoms with van der Waals surface area (Å²) in [4.78, 5) is 15.9. The van der Waals surface area contributed by atoms with Gasteiger partial charge in [-0.1, -0.05) is 291 Å². The lowest BCUT2D eigenvalue weighted by Gasteiger charge is -2.17. The molecule has 16 aromatic carbocycles. The lowest BCUT2D eigenvalue weighted by atomic mass is 9.88. The van der Waals surface area contributed by atoms with E-state index in [-0.39, 0.29) is 0 Å². The maximum Gasteiger partial charge on any atom is 0.0991 e. The smallest absolute Gasteiger partial charge is 0.0991 e. The van der Waals surface area contributed by atoms with Crippen molar-refractivity contribution >= 4 is 108 Å². The molecule has 19 rings (SSSR count). The Kier molecular flexibility index (Phi) is 13.6. The van der Waals surface area contributed by atoms with E-state index in [0.717, 1.165) is 99.2 Å². The van der Waals surface area contributed by atoms with Gasteiger partial charge >= 0.3 is 0 Å². The minimum atomic E-state index is 0.647. The number of nitrogens with zero attached hydrogens (tertiary/aromatic N) is 4. The van der Waals surface area contributed by atoms with Crippen LogP contribution in [0, 0.1) is 11.3 Å². The third-order valence-electron chi connectivity index (χ3n) is 19.3. The molecule has 0 aliphatic rings. The van der Waals surface area contributed by atoms with E-state index < -0.39 is 0 Å². The van der Waals surface area contributed by atoms with Gasteiger partial charge < -0.3 is 0 Å². The highest BCUT2D eigenvalue weighted by Gasteiger charge is 2.21. The monoisotopic (exact) mass is 1220 g/mol. The highest BCUT2D eigenvalue weighted by Crippen LogP contribution is 2.46. The van der Waals surface area contributed by atoms with E-state index in [1.807, 2.05) is 24.3 Å². The summed E-state index contributed by atoms with van der Waals surface area (Å²) in [7, 11) is 0. The highest BCUT2D eigenvalue weighted by molar-refractivity contribution is 6.21. The molecule has 0 radical (unpaired) electrons. The molecule has 0 amide bonds. The van der Waals surface area contributed by atoms with Gasteiger partial charge in [0.05, 0.1) is 45.1 Å². The number of nitriles is 1. The SMILES string of the molecule is N#Cc1ccc(-c2cc(-c3cccc4ccccc34)nc3c2cc(-c2cccc4ccccc24)c2ccccc23)cc1.c1ccc2c(-c3cc(-c4ccc(-c5c6ccccc6nc6ccccc56)cc4)c4cc(-c5cccc6ccccc56)c5ccccc5c4n3)cccc2c1. The number of rotatable bonds is 7. The molecule has 0 aliphatic heterocycles.